The second-order valence-corrected chi connectivity index (χ2v) is 7.57. The molecule has 0 spiro atoms. The van der Waals surface area contributed by atoms with Crippen molar-refractivity contribution in [2.24, 2.45) is 5.92 Å². The van der Waals surface area contributed by atoms with Crippen molar-refractivity contribution in [1.29, 1.82) is 0 Å². The fraction of sp³-hybridized carbons (Fsp3) is 0.750. The Morgan fingerprint density at radius 2 is 2.05 bits per heavy atom. The maximum atomic E-state index is 15.0. The molecule has 0 saturated carbocycles. The first-order chi connectivity index (χ1) is 9.76. The van der Waals surface area contributed by atoms with Crippen LogP contribution in [0.1, 0.15) is 25.5 Å². The van der Waals surface area contributed by atoms with Gasteiger partial charge in [-0.05, 0) is 32.9 Å². The third kappa shape index (κ3) is 3.08. The van der Waals surface area contributed by atoms with E-state index in [0.717, 1.165) is 13.1 Å². The van der Waals surface area contributed by atoms with Gasteiger partial charge in [0.15, 0.2) is 0 Å². The van der Waals surface area contributed by atoms with Gasteiger partial charge >= 0.3 is 0 Å². The van der Waals surface area contributed by atoms with Crippen molar-refractivity contribution >= 4 is 9.84 Å². The Hall–Kier alpha value is -1.09. The summed E-state index contributed by atoms with van der Waals surface area (Å²) in [6, 6.07) is 0. The van der Waals surface area contributed by atoms with Crippen LogP contribution in [-0.2, 0) is 16.3 Å². The highest BCUT2D eigenvalue weighted by molar-refractivity contribution is 7.92. The SMILES string of the molecule is C[C@](F)(C1CCNCC1)S(=O)(=O)c1cn[nH]c1CC(F)F. The van der Waals surface area contributed by atoms with Crippen LogP contribution in [0, 0.1) is 5.92 Å². The Morgan fingerprint density at radius 1 is 1.43 bits per heavy atom. The number of hydrogen-bond acceptors (Lipinski definition) is 4. The first-order valence-corrected chi connectivity index (χ1v) is 8.19. The van der Waals surface area contributed by atoms with Gasteiger partial charge in [0.05, 0.1) is 18.3 Å². The van der Waals surface area contributed by atoms with E-state index in [4.69, 9.17) is 0 Å². The molecule has 0 unspecified atom stereocenters. The van der Waals surface area contributed by atoms with E-state index >= 15 is 0 Å². The highest BCUT2D eigenvalue weighted by Gasteiger charge is 2.48. The lowest BCUT2D eigenvalue weighted by Gasteiger charge is -2.33. The van der Waals surface area contributed by atoms with E-state index in [0.29, 0.717) is 25.9 Å². The summed E-state index contributed by atoms with van der Waals surface area (Å²) in [6.07, 6.45) is -1.85. The Labute approximate surface area is 121 Å². The van der Waals surface area contributed by atoms with Crippen molar-refractivity contribution in [3.05, 3.63) is 11.9 Å². The Balaban J connectivity index is 2.34. The fourth-order valence-electron chi connectivity index (χ4n) is 2.61. The van der Waals surface area contributed by atoms with E-state index in [1.54, 1.807) is 0 Å². The molecule has 0 amide bonds. The van der Waals surface area contributed by atoms with Crippen molar-refractivity contribution in [3.8, 4) is 0 Å². The Kier molecular flexibility index (Phi) is 4.62. The summed E-state index contributed by atoms with van der Waals surface area (Å²) in [6.45, 7) is 2.08. The average molecular weight is 325 g/mol. The zero-order chi connectivity index (χ0) is 15.7. The maximum Gasteiger partial charge on any atom is 0.244 e. The van der Waals surface area contributed by atoms with E-state index in [1.807, 2.05) is 0 Å². The number of nitrogens with one attached hydrogen (secondary N) is 2. The largest absolute Gasteiger partial charge is 0.317 e. The van der Waals surface area contributed by atoms with E-state index < -0.39 is 38.5 Å². The molecule has 5 nitrogen and oxygen atoms in total. The smallest absolute Gasteiger partial charge is 0.244 e. The molecule has 1 aromatic heterocycles. The van der Waals surface area contributed by atoms with Gasteiger partial charge in [-0.2, -0.15) is 5.10 Å². The number of hydrogen-bond donors (Lipinski definition) is 2. The molecule has 1 aliphatic rings. The number of sulfone groups is 1. The predicted octanol–water partition coefficient (Wildman–Crippen LogP) is 1.68. The number of alkyl halides is 3. The maximum absolute atomic E-state index is 15.0. The molecule has 2 heterocycles. The lowest BCUT2D eigenvalue weighted by Crippen LogP contribution is -2.44. The second-order valence-electron chi connectivity index (χ2n) is 5.32. The molecule has 1 aliphatic heterocycles. The molecule has 0 radical (unpaired) electrons. The van der Waals surface area contributed by atoms with Gasteiger partial charge in [-0.3, -0.25) is 5.10 Å². The standard InChI is InChI=1S/C12H18F3N3O2S/c1-12(15,8-2-4-16-5-3-8)21(19,20)10-7-17-18-9(10)6-11(13)14/h7-8,11,16H,2-6H2,1H3,(H,17,18)/t12-/m1/s1. The van der Waals surface area contributed by atoms with E-state index in [-0.39, 0.29) is 5.69 Å². The van der Waals surface area contributed by atoms with Gasteiger partial charge in [-0.1, -0.05) is 0 Å². The van der Waals surface area contributed by atoms with Gasteiger partial charge in [-0.15, -0.1) is 0 Å². The van der Waals surface area contributed by atoms with Crippen molar-refractivity contribution in [2.75, 3.05) is 13.1 Å². The van der Waals surface area contributed by atoms with Crippen LogP contribution in [-0.4, -0.2) is 43.1 Å². The second kappa shape index (κ2) is 5.96. The van der Waals surface area contributed by atoms with Gasteiger partial charge in [0, 0.05) is 5.92 Å². The molecular weight excluding hydrogens is 307 g/mol. The molecule has 21 heavy (non-hydrogen) atoms. The number of aromatic nitrogens is 2. The summed E-state index contributed by atoms with van der Waals surface area (Å²) in [5.41, 5.74) is -0.247. The monoisotopic (exact) mass is 325 g/mol. The predicted molar refractivity (Wildman–Crippen MR) is 70.6 cm³/mol. The summed E-state index contributed by atoms with van der Waals surface area (Å²) >= 11 is 0. The molecule has 0 aromatic carbocycles. The lowest BCUT2D eigenvalue weighted by molar-refractivity contribution is 0.146. The van der Waals surface area contributed by atoms with E-state index in [2.05, 4.69) is 15.5 Å². The van der Waals surface area contributed by atoms with Gasteiger partial charge in [0.2, 0.25) is 21.3 Å². The molecule has 120 valence electrons. The summed E-state index contributed by atoms with van der Waals surface area (Å²) in [5, 5.41) is 6.24. The topological polar surface area (TPSA) is 74.8 Å². The zero-order valence-corrected chi connectivity index (χ0v) is 12.4. The van der Waals surface area contributed by atoms with Crippen LogP contribution in [0.3, 0.4) is 0 Å². The van der Waals surface area contributed by atoms with Crippen LogP contribution in [0.2, 0.25) is 0 Å². The molecule has 0 bridgehead atoms. The molecule has 1 fully saturated rings. The summed E-state index contributed by atoms with van der Waals surface area (Å²) < 4.78 is 65.0. The van der Waals surface area contributed by atoms with Crippen LogP contribution in [0.25, 0.3) is 0 Å². The lowest BCUT2D eigenvalue weighted by atomic mass is 9.93. The summed E-state index contributed by atoms with van der Waals surface area (Å²) in [5.74, 6) is -0.668. The quantitative estimate of drug-likeness (QED) is 0.864. The third-order valence-electron chi connectivity index (χ3n) is 3.92. The molecule has 1 atom stereocenters. The third-order valence-corrected chi connectivity index (χ3v) is 6.24. The normalized spacial score (nSPS) is 20.6. The molecule has 1 saturated heterocycles. The van der Waals surface area contributed by atoms with E-state index in [9.17, 15) is 21.6 Å². The highest BCUT2D eigenvalue weighted by Crippen LogP contribution is 2.39. The molecular formula is C12H18F3N3O2S. The number of nitrogens with zero attached hydrogens (tertiary/aromatic N) is 1. The van der Waals surface area contributed by atoms with Crippen LogP contribution >= 0.6 is 0 Å². The van der Waals surface area contributed by atoms with Crippen molar-refractivity contribution in [2.45, 2.75) is 42.5 Å². The van der Waals surface area contributed by atoms with Crippen molar-refractivity contribution in [1.82, 2.24) is 15.5 Å². The van der Waals surface area contributed by atoms with Crippen LogP contribution in [0.5, 0.6) is 0 Å². The first kappa shape index (κ1) is 16.3. The van der Waals surface area contributed by atoms with Gasteiger partial charge < -0.3 is 5.32 Å². The van der Waals surface area contributed by atoms with Gasteiger partial charge in [-0.25, -0.2) is 21.6 Å². The van der Waals surface area contributed by atoms with Crippen LogP contribution < -0.4 is 5.32 Å². The Morgan fingerprint density at radius 3 is 2.62 bits per heavy atom. The summed E-state index contributed by atoms with van der Waals surface area (Å²) in [4.78, 5) is -0.466. The number of rotatable bonds is 5. The first-order valence-electron chi connectivity index (χ1n) is 6.71. The highest BCUT2D eigenvalue weighted by atomic mass is 32.2. The minimum Gasteiger partial charge on any atom is -0.317 e. The Bertz CT molecular complexity index is 580. The van der Waals surface area contributed by atoms with Crippen molar-refractivity contribution in [3.63, 3.8) is 0 Å². The fourth-order valence-corrected chi connectivity index (χ4v) is 4.36. The molecule has 0 aliphatic carbocycles. The van der Waals surface area contributed by atoms with Gasteiger partial charge in [0.1, 0.15) is 4.90 Å². The number of halogens is 3. The molecule has 9 heteroatoms. The number of H-pyrrole nitrogens is 1. The average Bonchev–Trinajstić information content (AvgIpc) is 2.87. The number of piperidine rings is 1. The number of aromatic amines is 1. The van der Waals surface area contributed by atoms with Crippen LogP contribution in [0.4, 0.5) is 13.2 Å². The van der Waals surface area contributed by atoms with E-state index in [1.165, 1.54) is 0 Å². The minimum absolute atomic E-state index is 0.247. The van der Waals surface area contributed by atoms with Crippen LogP contribution in [0.15, 0.2) is 11.1 Å². The van der Waals surface area contributed by atoms with Gasteiger partial charge in [0.25, 0.3) is 0 Å². The summed E-state index contributed by atoms with van der Waals surface area (Å²) in [7, 11) is -4.39. The zero-order valence-electron chi connectivity index (χ0n) is 11.6. The molecule has 1 aromatic rings. The molecule has 2 rings (SSSR count). The minimum atomic E-state index is -4.39. The molecule has 2 N–H and O–H groups in total. The van der Waals surface area contributed by atoms with Crippen molar-refractivity contribution < 1.29 is 21.6 Å².